The van der Waals surface area contributed by atoms with Gasteiger partial charge in [0.2, 0.25) is 0 Å². The highest BCUT2D eigenvalue weighted by Crippen LogP contribution is 2.35. The fraction of sp³-hybridized carbons (Fsp3) is 0.375. The number of carbonyl (C=O) groups excluding carboxylic acids is 1. The van der Waals surface area contributed by atoms with Crippen molar-refractivity contribution in [3.63, 3.8) is 0 Å². The molecule has 3 rings (SSSR count). The van der Waals surface area contributed by atoms with Gasteiger partial charge in [-0.3, -0.25) is 0 Å². The maximum atomic E-state index is 14.9. The van der Waals surface area contributed by atoms with Crippen LogP contribution in [0.15, 0.2) is 48.6 Å². The Bertz CT molecular complexity index is 866. The van der Waals surface area contributed by atoms with Crippen molar-refractivity contribution in [2.24, 2.45) is 0 Å². The van der Waals surface area contributed by atoms with Gasteiger partial charge < -0.3 is 9.84 Å². The first-order chi connectivity index (χ1) is 13.5. The molecular formula is C24H27FO3. The second-order valence-corrected chi connectivity index (χ2v) is 7.57. The first-order valence-corrected chi connectivity index (χ1v) is 9.84. The molecule has 148 valence electrons. The zero-order valence-corrected chi connectivity index (χ0v) is 16.3. The van der Waals surface area contributed by atoms with E-state index in [4.69, 9.17) is 4.74 Å². The normalized spacial score (nSPS) is 14.7. The number of aliphatic hydroxyl groups is 1. The van der Waals surface area contributed by atoms with Crippen molar-refractivity contribution in [3.8, 4) is 11.1 Å². The molecule has 0 bridgehead atoms. The number of rotatable bonds is 6. The molecule has 2 aromatic rings. The van der Waals surface area contributed by atoms with Crippen LogP contribution in [0, 0.1) is 5.82 Å². The van der Waals surface area contributed by atoms with E-state index in [1.807, 2.05) is 12.1 Å². The van der Waals surface area contributed by atoms with E-state index in [1.165, 1.54) is 19.3 Å². The Morgan fingerprint density at radius 1 is 1.14 bits per heavy atom. The first kappa shape index (κ1) is 20.3. The third kappa shape index (κ3) is 4.68. The maximum Gasteiger partial charge on any atom is 0.333 e. The third-order valence-electron chi connectivity index (χ3n) is 5.46. The molecule has 2 aromatic carbocycles. The molecule has 1 aliphatic carbocycles. The molecule has 28 heavy (non-hydrogen) atoms. The molecule has 0 spiro atoms. The van der Waals surface area contributed by atoms with E-state index in [2.05, 4.69) is 6.58 Å². The van der Waals surface area contributed by atoms with E-state index in [0.29, 0.717) is 33.7 Å². The van der Waals surface area contributed by atoms with Gasteiger partial charge in [0.15, 0.2) is 0 Å². The molecule has 1 saturated carbocycles. The molecule has 0 unspecified atom stereocenters. The summed E-state index contributed by atoms with van der Waals surface area (Å²) in [6.07, 6.45) is 5.95. The van der Waals surface area contributed by atoms with Gasteiger partial charge in [0.05, 0.1) is 6.61 Å². The minimum absolute atomic E-state index is 0.0111. The molecule has 0 amide bonds. The van der Waals surface area contributed by atoms with Gasteiger partial charge in [-0.05, 0) is 60.1 Å². The Kier molecular flexibility index (Phi) is 6.63. The zero-order valence-electron chi connectivity index (χ0n) is 16.3. The molecule has 3 nitrogen and oxygen atoms in total. The number of hydrogen-bond acceptors (Lipinski definition) is 3. The average molecular weight is 382 g/mol. The molecule has 0 atom stereocenters. The topological polar surface area (TPSA) is 46.5 Å². The summed E-state index contributed by atoms with van der Waals surface area (Å²) < 4.78 is 20.1. The summed E-state index contributed by atoms with van der Waals surface area (Å²) in [4.78, 5) is 11.7. The van der Waals surface area contributed by atoms with Crippen LogP contribution in [-0.4, -0.2) is 11.1 Å². The summed E-state index contributed by atoms with van der Waals surface area (Å²) >= 11 is 0. The predicted molar refractivity (Wildman–Crippen MR) is 108 cm³/mol. The number of esters is 1. The number of aliphatic hydroxyl groups excluding tert-OH is 1. The average Bonchev–Trinajstić information content (AvgIpc) is 2.72. The van der Waals surface area contributed by atoms with Gasteiger partial charge in [-0.25, -0.2) is 9.18 Å². The largest absolute Gasteiger partial charge is 0.457 e. The highest BCUT2D eigenvalue weighted by molar-refractivity contribution is 5.86. The quantitative estimate of drug-likeness (QED) is 0.518. The summed E-state index contributed by atoms with van der Waals surface area (Å²) in [5.74, 6) is -0.284. The van der Waals surface area contributed by atoms with Crippen LogP contribution in [0.3, 0.4) is 0 Å². The SMILES string of the molecule is C=C(C)C(=O)OCc1cc(-c2ccc(C3CCCCC3)cc2F)ccc1CO. The lowest BCUT2D eigenvalue weighted by atomic mass is 9.83. The Balaban J connectivity index is 1.85. The zero-order chi connectivity index (χ0) is 20.1. The molecule has 0 aliphatic heterocycles. The fourth-order valence-corrected chi connectivity index (χ4v) is 3.80. The Labute approximate surface area is 165 Å². The molecule has 1 fully saturated rings. The van der Waals surface area contributed by atoms with Gasteiger partial charge in [-0.1, -0.05) is 50.1 Å². The third-order valence-corrected chi connectivity index (χ3v) is 5.46. The van der Waals surface area contributed by atoms with Crippen molar-refractivity contribution in [1.82, 2.24) is 0 Å². The van der Waals surface area contributed by atoms with Gasteiger partial charge in [-0.15, -0.1) is 0 Å². The van der Waals surface area contributed by atoms with E-state index >= 15 is 0 Å². The van der Waals surface area contributed by atoms with Gasteiger partial charge >= 0.3 is 5.97 Å². The Morgan fingerprint density at radius 3 is 2.54 bits per heavy atom. The van der Waals surface area contributed by atoms with Crippen LogP contribution in [-0.2, 0) is 22.7 Å². The number of hydrogen-bond donors (Lipinski definition) is 1. The maximum absolute atomic E-state index is 14.9. The monoisotopic (exact) mass is 382 g/mol. The summed E-state index contributed by atoms with van der Waals surface area (Å²) in [5, 5.41) is 9.56. The molecule has 1 aliphatic rings. The van der Waals surface area contributed by atoms with Gasteiger partial charge in [0.25, 0.3) is 0 Å². The minimum atomic E-state index is -0.489. The summed E-state index contributed by atoms with van der Waals surface area (Å²) in [6.45, 7) is 4.97. The molecule has 4 heteroatoms. The van der Waals surface area contributed by atoms with Crippen LogP contribution in [0.5, 0.6) is 0 Å². The van der Waals surface area contributed by atoms with E-state index in [1.54, 1.807) is 31.2 Å². The van der Waals surface area contributed by atoms with Crippen LogP contribution in [0.25, 0.3) is 11.1 Å². The van der Waals surface area contributed by atoms with E-state index in [0.717, 1.165) is 18.4 Å². The van der Waals surface area contributed by atoms with Crippen LogP contribution < -0.4 is 0 Å². The first-order valence-electron chi connectivity index (χ1n) is 9.84. The van der Waals surface area contributed by atoms with Crippen molar-refractivity contribution in [1.29, 1.82) is 0 Å². The van der Waals surface area contributed by atoms with Crippen LogP contribution in [0.1, 0.15) is 61.6 Å². The number of halogens is 1. The van der Waals surface area contributed by atoms with Crippen molar-refractivity contribution in [2.75, 3.05) is 0 Å². The molecule has 0 saturated heterocycles. The van der Waals surface area contributed by atoms with Crippen molar-refractivity contribution >= 4 is 5.97 Å². The van der Waals surface area contributed by atoms with Crippen LogP contribution in [0.4, 0.5) is 4.39 Å². The highest BCUT2D eigenvalue weighted by atomic mass is 19.1. The summed E-state index contributed by atoms with van der Waals surface area (Å²) in [5.41, 5.74) is 3.90. The minimum Gasteiger partial charge on any atom is -0.457 e. The lowest BCUT2D eigenvalue weighted by molar-refractivity contribution is -0.140. The van der Waals surface area contributed by atoms with Crippen LogP contribution in [0.2, 0.25) is 0 Å². The van der Waals surface area contributed by atoms with Crippen LogP contribution >= 0.6 is 0 Å². The molecular weight excluding hydrogens is 355 g/mol. The van der Waals surface area contributed by atoms with Gasteiger partial charge in [0, 0.05) is 11.1 Å². The Morgan fingerprint density at radius 2 is 1.89 bits per heavy atom. The number of carbonyl (C=O) groups is 1. The lowest BCUT2D eigenvalue weighted by Gasteiger charge is -2.22. The Hall–Kier alpha value is -2.46. The second-order valence-electron chi connectivity index (χ2n) is 7.57. The predicted octanol–water partition coefficient (Wildman–Crippen LogP) is 5.65. The van der Waals surface area contributed by atoms with Crippen molar-refractivity contribution < 1.29 is 19.0 Å². The fourth-order valence-electron chi connectivity index (χ4n) is 3.80. The standard InChI is InChI=1S/C24H27FO3/c1-16(2)24(27)28-15-21-12-19(8-9-20(21)14-26)22-11-10-18(13-23(22)25)17-6-4-3-5-7-17/h8-13,17,26H,1,3-7,14-15H2,2H3. The van der Waals surface area contributed by atoms with Crippen molar-refractivity contribution in [3.05, 3.63) is 71.1 Å². The molecule has 1 N–H and O–H groups in total. The second kappa shape index (κ2) is 9.16. The molecule has 0 aromatic heterocycles. The van der Waals surface area contributed by atoms with E-state index < -0.39 is 5.97 Å². The summed E-state index contributed by atoms with van der Waals surface area (Å²) in [6, 6.07) is 10.8. The van der Waals surface area contributed by atoms with Gasteiger partial charge in [0.1, 0.15) is 12.4 Å². The van der Waals surface area contributed by atoms with E-state index in [-0.39, 0.29) is 19.0 Å². The smallest absolute Gasteiger partial charge is 0.333 e. The van der Waals surface area contributed by atoms with Gasteiger partial charge in [-0.2, -0.15) is 0 Å². The molecule has 0 heterocycles. The van der Waals surface area contributed by atoms with E-state index in [9.17, 15) is 14.3 Å². The highest BCUT2D eigenvalue weighted by Gasteiger charge is 2.18. The number of ether oxygens (including phenoxy) is 1. The van der Waals surface area contributed by atoms with Crippen molar-refractivity contribution in [2.45, 2.75) is 58.2 Å². The molecule has 0 radical (unpaired) electrons. The number of benzene rings is 2. The lowest BCUT2D eigenvalue weighted by Crippen LogP contribution is -2.07. The summed E-state index contributed by atoms with van der Waals surface area (Å²) in [7, 11) is 0.